The van der Waals surface area contributed by atoms with E-state index in [1.54, 1.807) is 44.3 Å². The number of aromatic nitrogens is 2. The molecule has 0 atom stereocenters. The first kappa shape index (κ1) is 17.2. The molecule has 8 heteroatoms. The maximum absolute atomic E-state index is 12.0. The Kier molecular flexibility index (Phi) is 5.31. The molecule has 0 aliphatic carbocycles. The van der Waals surface area contributed by atoms with Crippen molar-refractivity contribution in [2.24, 2.45) is 7.05 Å². The minimum Gasteiger partial charge on any atom is -0.465 e. The fourth-order valence-electron chi connectivity index (χ4n) is 2.09. The van der Waals surface area contributed by atoms with E-state index < -0.39 is 5.97 Å². The number of anilines is 1. The van der Waals surface area contributed by atoms with Crippen LogP contribution >= 0.6 is 0 Å². The van der Waals surface area contributed by atoms with Gasteiger partial charge < -0.3 is 15.4 Å². The van der Waals surface area contributed by atoms with Crippen LogP contribution in [0.25, 0.3) is 0 Å². The van der Waals surface area contributed by atoms with Gasteiger partial charge in [-0.05, 0) is 37.3 Å². The standard InChI is InChI=1S/C16H18N4O4/c1-10-8-13(20(2)19-10)15(22)17-9-14(21)18-12-6-4-11(5-7-12)16(23)24-3/h4-8H,9H2,1-3H3,(H,17,22)(H,18,21). The first-order valence-corrected chi connectivity index (χ1v) is 7.17. The van der Waals surface area contributed by atoms with Gasteiger partial charge in [0.2, 0.25) is 5.91 Å². The molecule has 0 aliphatic heterocycles. The molecule has 2 aromatic rings. The normalized spacial score (nSPS) is 10.1. The Morgan fingerprint density at radius 1 is 1.21 bits per heavy atom. The number of nitrogens with zero attached hydrogens (tertiary/aromatic N) is 2. The molecule has 0 unspecified atom stereocenters. The number of methoxy groups -OCH3 is 1. The Hall–Kier alpha value is -3.16. The van der Waals surface area contributed by atoms with Gasteiger partial charge in [-0.2, -0.15) is 5.10 Å². The van der Waals surface area contributed by atoms with Crippen LogP contribution < -0.4 is 10.6 Å². The van der Waals surface area contributed by atoms with E-state index in [9.17, 15) is 14.4 Å². The van der Waals surface area contributed by atoms with E-state index in [0.29, 0.717) is 16.9 Å². The third kappa shape index (κ3) is 4.19. The second-order valence-electron chi connectivity index (χ2n) is 5.09. The van der Waals surface area contributed by atoms with Gasteiger partial charge in [-0.25, -0.2) is 4.79 Å². The molecule has 0 fully saturated rings. The Labute approximate surface area is 138 Å². The monoisotopic (exact) mass is 330 g/mol. The summed E-state index contributed by atoms with van der Waals surface area (Å²) in [4.78, 5) is 35.2. The van der Waals surface area contributed by atoms with E-state index in [1.807, 2.05) is 0 Å². The molecule has 0 bridgehead atoms. The van der Waals surface area contributed by atoms with Gasteiger partial charge in [0.05, 0.1) is 24.9 Å². The topological polar surface area (TPSA) is 102 Å². The number of aryl methyl sites for hydroxylation is 2. The zero-order valence-corrected chi connectivity index (χ0v) is 13.6. The molecule has 0 aliphatic rings. The molecule has 0 radical (unpaired) electrons. The van der Waals surface area contributed by atoms with E-state index in [1.165, 1.54) is 11.8 Å². The van der Waals surface area contributed by atoms with Crippen molar-refractivity contribution in [3.63, 3.8) is 0 Å². The average Bonchev–Trinajstić information content (AvgIpc) is 2.91. The van der Waals surface area contributed by atoms with Crippen LogP contribution in [0.15, 0.2) is 30.3 Å². The minimum atomic E-state index is -0.452. The van der Waals surface area contributed by atoms with E-state index >= 15 is 0 Å². The van der Waals surface area contributed by atoms with Gasteiger partial charge in [-0.3, -0.25) is 14.3 Å². The van der Waals surface area contributed by atoms with Crippen molar-refractivity contribution in [3.05, 3.63) is 47.3 Å². The van der Waals surface area contributed by atoms with Crippen molar-refractivity contribution < 1.29 is 19.1 Å². The molecular formula is C16H18N4O4. The number of esters is 1. The highest BCUT2D eigenvalue weighted by atomic mass is 16.5. The largest absolute Gasteiger partial charge is 0.465 e. The van der Waals surface area contributed by atoms with Crippen LogP contribution in [0.5, 0.6) is 0 Å². The molecule has 2 N–H and O–H groups in total. The highest BCUT2D eigenvalue weighted by molar-refractivity contribution is 5.98. The second kappa shape index (κ2) is 7.40. The van der Waals surface area contributed by atoms with Crippen LogP contribution in [0.2, 0.25) is 0 Å². The predicted molar refractivity (Wildman–Crippen MR) is 86.7 cm³/mol. The number of rotatable bonds is 5. The van der Waals surface area contributed by atoms with E-state index in [0.717, 1.165) is 5.69 Å². The van der Waals surface area contributed by atoms with Crippen molar-refractivity contribution in [1.29, 1.82) is 0 Å². The number of hydrogen-bond acceptors (Lipinski definition) is 5. The molecule has 2 amide bonds. The molecule has 24 heavy (non-hydrogen) atoms. The summed E-state index contributed by atoms with van der Waals surface area (Å²) >= 11 is 0. The third-order valence-corrected chi connectivity index (χ3v) is 3.23. The van der Waals surface area contributed by atoms with E-state index in [4.69, 9.17) is 0 Å². The molecule has 0 spiro atoms. The highest BCUT2D eigenvalue weighted by Crippen LogP contribution is 2.10. The SMILES string of the molecule is COC(=O)c1ccc(NC(=O)CNC(=O)c2cc(C)nn2C)cc1. The van der Waals surface area contributed by atoms with Gasteiger partial charge in [-0.15, -0.1) is 0 Å². The molecule has 0 saturated carbocycles. The van der Waals surface area contributed by atoms with Crippen LogP contribution in [-0.4, -0.2) is 41.2 Å². The van der Waals surface area contributed by atoms with Gasteiger partial charge in [0.15, 0.2) is 0 Å². The van der Waals surface area contributed by atoms with Crippen LogP contribution in [0.3, 0.4) is 0 Å². The predicted octanol–water partition coefficient (Wildman–Crippen LogP) is 0.884. The average molecular weight is 330 g/mol. The number of ether oxygens (including phenoxy) is 1. The van der Waals surface area contributed by atoms with Gasteiger partial charge in [0, 0.05) is 12.7 Å². The lowest BCUT2D eigenvalue weighted by Crippen LogP contribution is -2.33. The van der Waals surface area contributed by atoms with Gasteiger partial charge in [0.1, 0.15) is 5.69 Å². The smallest absolute Gasteiger partial charge is 0.337 e. The van der Waals surface area contributed by atoms with Gasteiger partial charge in [-0.1, -0.05) is 0 Å². The second-order valence-corrected chi connectivity index (χ2v) is 5.09. The summed E-state index contributed by atoms with van der Waals surface area (Å²) in [6.07, 6.45) is 0. The number of benzene rings is 1. The quantitative estimate of drug-likeness (QED) is 0.793. The number of hydrogen-bond donors (Lipinski definition) is 2. The van der Waals surface area contributed by atoms with E-state index in [-0.39, 0.29) is 18.4 Å². The van der Waals surface area contributed by atoms with Crippen LogP contribution in [0.1, 0.15) is 26.5 Å². The minimum absolute atomic E-state index is 0.179. The first-order chi connectivity index (χ1) is 11.4. The number of nitrogens with one attached hydrogen (secondary N) is 2. The van der Waals surface area contributed by atoms with Crippen molar-refractivity contribution >= 4 is 23.5 Å². The molecule has 126 valence electrons. The Bertz CT molecular complexity index is 765. The molecule has 1 heterocycles. The van der Waals surface area contributed by atoms with Crippen molar-refractivity contribution in [1.82, 2.24) is 15.1 Å². The van der Waals surface area contributed by atoms with Crippen LogP contribution in [0, 0.1) is 6.92 Å². The maximum atomic E-state index is 12.0. The van der Waals surface area contributed by atoms with Crippen LogP contribution in [0.4, 0.5) is 5.69 Å². The Balaban J connectivity index is 1.88. The Morgan fingerprint density at radius 2 is 1.88 bits per heavy atom. The van der Waals surface area contributed by atoms with Gasteiger partial charge in [0.25, 0.3) is 5.91 Å². The molecule has 0 saturated heterocycles. The summed E-state index contributed by atoms with van der Waals surface area (Å²) in [5, 5.41) is 9.22. The lowest BCUT2D eigenvalue weighted by Gasteiger charge is -2.07. The lowest BCUT2D eigenvalue weighted by atomic mass is 10.2. The highest BCUT2D eigenvalue weighted by Gasteiger charge is 2.13. The fourth-order valence-corrected chi connectivity index (χ4v) is 2.09. The molecular weight excluding hydrogens is 312 g/mol. The Morgan fingerprint density at radius 3 is 2.42 bits per heavy atom. The summed E-state index contributed by atoms with van der Waals surface area (Å²) in [5.41, 5.74) is 1.99. The summed E-state index contributed by atoms with van der Waals surface area (Å²) in [6, 6.07) is 7.88. The number of amides is 2. The summed E-state index contributed by atoms with van der Waals surface area (Å²) in [5.74, 6) is -1.21. The first-order valence-electron chi connectivity index (χ1n) is 7.17. The number of carbonyl (C=O) groups is 3. The molecule has 1 aromatic heterocycles. The van der Waals surface area contributed by atoms with Crippen LogP contribution in [-0.2, 0) is 16.6 Å². The molecule has 1 aromatic carbocycles. The zero-order valence-electron chi connectivity index (χ0n) is 13.6. The van der Waals surface area contributed by atoms with Crippen molar-refractivity contribution in [2.45, 2.75) is 6.92 Å². The zero-order chi connectivity index (χ0) is 17.7. The van der Waals surface area contributed by atoms with E-state index in [2.05, 4.69) is 20.5 Å². The summed E-state index contributed by atoms with van der Waals surface area (Å²) in [6.45, 7) is 1.60. The third-order valence-electron chi connectivity index (χ3n) is 3.23. The number of carbonyl (C=O) groups excluding carboxylic acids is 3. The maximum Gasteiger partial charge on any atom is 0.337 e. The van der Waals surface area contributed by atoms with Crippen molar-refractivity contribution in [3.8, 4) is 0 Å². The fraction of sp³-hybridized carbons (Fsp3) is 0.250. The molecule has 8 nitrogen and oxygen atoms in total. The summed E-state index contributed by atoms with van der Waals surface area (Å²) < 4.78 is 6.05. The van der Waals surface area contributed by atoms with Crippen molar-refractivity contribution in [2.75, 3.05) is 19.0 Å². The van der Waals surface area contributed by atoms with Gasteiger partial charge >= 0.3 is 5.97 Å². The lowest BCUT2D eigenvalue weighted by molar-refractivity contribution is -0.115. The summed E-state index contributed by atoms with van der Waals surface area (Å²) in [7, 11) is 2.95. The molecule has 2 rings (SSSR count).